The number of amidine groups is 1. The predicted octanol–water partition coefficient (Wildman–Crippen LogP) is 1.54. The van der Waals surface area contributed by atoms with Crippen LogP contribution in [0, 0.1) is 0 Å². The molecule has 1 heterocycles. The summed E-state index contributed by atoms with van der Waals surface area (Å²) in [4.78, 5) is 30.2. The van der Waals surface area contributed by atoms with Crippen LogP contribution < -0.4 is 0 Å². The third kappa shape index (κ3) is 2.99. The van der Waals surface area contributed by atoms with Crippen LogP contribution in [0.25, 0.3) is 0 Å². The number of amides is 3. The van der Waals surface area contributed by atoms with Gasteiger partial charge in [-0.2, -0.15) is 0 Å². The van der Waals surface area contributed by atoms with Crippen LogP contribution in [-0.4, -0.2) is 48.2 Å². The van der Waals surface area contributed by atoms with Gasteiger partial charge >= 0.3 is 6.03 Å². The maximum atomic E-state index is 11.7. The highest BCUT2D eigenvalue weighted by Crippen LogP contribution is 2.10. The molecule has 0 atom stereocenters. The van der Waals surface area contributed by atoms with E-state index in [1.165, 1.54) is 17.5 Å². The topological polar surface area (TPSA) is 53.0 Å². The number of nitrogens with zero attached hydrogens (tertiary/aromatic N) is 3. The van der Waals surface area contributed by atoms with Gasteiger partial charge in [0.15, 0.2) is 0 Å². The Morgan fingerprint density at radius 2 is 1.79 bits per heavy atom. The lowest BCUT2D eigenvalue weighted by Gasteiger charge is -2.30. The molecule has 1 aliphatic heterocycles. The third-order valence-corrected chi connectivity index (χ3v) is 3.18. The first-order chi connectivity index (χ1) is 9.09. The number of hydrogen-bond donors (Lipinski definition) is 0. The van der Waals surface area contributed by atoms with Crippen LogP contribution in [0.4, 0.5) is 4.79 Å². The maximum absolute atomic E-state index is 11.7. The first-order valence-electron chi connectivity index (χ1n) is 6.21. The Morgan fingerprint density at radius 1 is 1.11 bits per heavy atom. The summed E-state index contributed by atoms with van der Waals surface area (Å²) in [6, 6.07) is 9.69. The minimum atomic E-state index is -0.324. The lowest BCUT2D eigenvalue weighted by atomic mass is 10.1. The molecule has 100 valence electrons. The van der Waals surface area contributed by atoms with Crippen molar-refractivity contribution in [2.24, 2.45) is 4.99 Å². The van der Waals surface area contributed by atoms with E-state index in [0.717, 1.165) is 11.3 Å². The van der Waals surface area contributed by atoms with Crippen molar-refractivity contribution in [1.82, 2.24) is 9.80 Å². The SMILES string of the molecule is CN1C(=O)CC(=NCCc2ccccc2)N(C)C1=O. The average Bonchev–Trinajstić information content (AvgIpc) is 2.43. The van der Waals surface area contributed by atoms with E-state index in [-0.39, 0.29) is 18.4 Å². The second-order valence-corrected chi connectivity index (χ2v) is 4.50. The van der Waals surface area contributed by atoms with Crippen molar-refractivity contribution in [2.75, 3.05) is 20.6 Å². The number of rotatable bonds is 3. The van der Waals surface area contributed by atoms with Crippen LogP contribution in [0.5, 0.6) is 0 Å². The Balaban J connectivity index is 1.99. The van der Waals surface area contributed by atoms with E-state index in [0.29, 0.717) is 12.4 Å². The summed E-state index contributed by atoms with van der Waals surface area (Å²) in [6.45, 7) is 0.577. The largest absolute Gasteiger partial charge is 0.331 e. The Morgan fingerprint density at radius 3 is 2.47 bits per heavy atom. The van der Waals surface area contributed by atoms with Crippen LogP contribution in [0.2, 0.25) is 0 Å². The number of carbonyl (C=O) groups excluding carboxylic acids is 2. The smallest absolute Gasteiger partial charge is 0.285 e. The molecule has 5 nitrogen and oxygen atoms in total. The maximum Gasteiger partial charge on any atom is 0.331 e. The summed E-state index contributed by atoms with van der Waals surface area (Å²) in [5.74, 6) is 0.339. The second-order valence-electron chi connectivity index (χ2n) is 4.50. The average molecular weight is 259 g/mol. The fourth-order valence-electron chi connectivity index (χ4n) is 1.94. The zero-order chi connectivity index (χ0) is 13.8. The van der Waals surface area contributed by atoms with Gasteiger partial charge in [0.2, 0.25) is 5.91 Å². The first-order valence-corrected chi connectivity index (χ1v) is 6.21. The van der Waals surface area contributed by atoms with E-state index in [4.69, 9.17) is 0 Å². The third-order valence-electron chi connectivity index (χ3n) is 3.18. The molecule has 0 saturated carbocycles. The second kappa shape index (κ2) is 5.65. The van der Waals surface area contributed by atoms with Gasteiger partial charge in [-0.05, 0) is 12.0 Å². The molecule has 2 rings (SSSR count). The standard InChI is InChI=1S/C14H17N3O2/c1-16-12(10-13(18)17(2)14(16)19)15-9-8-11-6-4-3-5-7-11/h3-7H,8-10H2,1-2H3. The fourth-order valence-corrected chi connectivity index (χ4v) is 1.94. The molecule has 5 heteroatoms. The summed E-state index contributed by atoms with van der Waals surface area (Å²) in [6.07, 6.45) is 0.990. The molecule has 3 amide bonds. The van der Waals surface area contributed by atoms with E-state index >= 15 is 0 Å². The van der Waals surface area contributed by atoms with Crippen LogP contribution in [0.15, 0.2) is 35.3 Å². The monoisotopic (exact) mass is 259 g/mol. The molecule has 1 aromatic carbocycles. The van der Waals surface area contributed by atoms with Gasteiger partial charge in [0.25, 0.3) is 0 Å². The van der Waals surface area contributed by atoms with Crippen molar-refractivity contribution in [1.29, 1.82) is 0 Å². The van der Waals surface area contributed by atoms with E-state index in [1.807, 2.05) is 30.3 Å². The van der Waals surface area contributed by atoms with Gasteiger partial charge in [-0.1, -0.05) is 30.3 Å². The van der Waals surface area contributed by atoms with Crippen molar-refractivity contribution in [3.05, 3.63) is 35.9 Å². The van der Waals surface area contributed by atoms with Crippen molar-refractivity contribution >= 4 is 17.8 Å². The van der Waals surface area contributed by atoms with E-state index in [9.17, 15) is 9.59 Å². The summed E-state index contributed by atoms with van der Waals surface area (Å²) < 4.78 is 0. The summed E-state index contributed by atoms with van der Waals surface area (Å²) in [7, 11) is 3.13. The predicted molar refractivity (Wildman–Crippen MR) is 73.0 cm³/mol. The van der Waals surface area contributed by atoms with Crippen molar-refractivity contribution in [3.63, 3.8) is 0 Å². The number of benzene rings is 1. The van der Waals surface area contributed by atoms with Crippen LogP contribution in [0.3, 0.4) is 0 Å². The van der Waals surface area contributed by atoms with E-state index in [1.54, 1.807) is 7.05 Å². The highest BCUT2D eigenvalue weighted by atomic mass is 16.2. The lowest BCUT2D eigenvalue weighted by molar-refractivity contribution is -0.127. The van der Waals surface area contributed by atoms with Gasteiger partial charge in [0.05, 0.1) is 6.42 Å². The molecule has 1 aliphatic rings. The van der Waals surface area contributed by atoms with Gasteiger partial charge in [0.1, 0.15) is 5.84 Å². The van der Waals surface area contributed by atoms with Crippen molar-refractivity contribution in [2.45, 2.75) is 12.8 Å². The molecule has 1 aromatic rings. The number of imide groups is 1. The van der Waals surface area contributed by atoms with Crippen molar-refractivity contribution < 1.29 is 9.59 Å². The molecular formula is C14H17N3O2. The lowest BCUT2D eigenvalue weighted by Crippen LogP contribution is -2.51. The fraction of sp³-hybridized carbons (Fsp3) is 0.357. The molecule has 0 spiro atoms. The molecule has 1 fully saturated rings. The van der Waals surface area contributed by atoms with Gasteiger partial charge in [-0.15, -0.1) is 0 Å². The highest BCUT2D eigenvalue weighted by Gasteiger charge is 2.31. The quantitative estimate of drug-likeness (QED) is 0.826. The van der Waals surface area contributed by atoms with Crippen LogP contribution in [-0.2, 0) is 11.2 Å². The summed E-state index contributed by atoms with van der Waals surface area (Å²) in [5, 5.41) is 0. The molecule has 0 N–H and O–H groups in total. The molecule has 0 aliphatic carbocycles. The minimum Gasteiger partial charge on any atom is -0.285 e. The molecule has 0 bridgehead atoms. The summed E-state index contributed by atoms with van der Waals surface area (Å²) in [5.41, 5.74) is 1.19. The molecular weight excluding hydrogens is 242 g/mol. The van der Waals surface area contributed by atoms with Gasteiger partial charge in [-0.3, -0.25) is 19.6 Å². The Hall–Kier alpha value is -2.17. The van der Waals surface area contributed by atoms with Crippen molar-refractivity contribution in [3.8, 4) is 0 Å². The van der Waals surface area contributed by atoms with Gasteiger partial charge in [-0.25, -0.2) is 4.79 Å². The number of hydrogen-bond acceptors (Lipinski definition) is 3. The van der Waals surface area contributed by atoms with E-state index in [2.05, 4.69) is 4.99 Å². The highest BCUT2D eigenvalue weighted by molar-refractivity contribution is 6.15. The minimum absolute atomic E-state index is 0.188. The number of carbonyl (C=O) groups is 2. The zero-order valence-electron chi connectivity index (χ0n) is 11.2. The summed E-state index contributed by atoms with van der Waals surface area (Å²) >= 11 is 0. The van der Waals surface area contributed by atoms with Crippen LogP contribution >= 0.6 is 0 Å². The van der Waals surface area contributed by atoms with Gasteiger partial charge in [0, 0.05) is 20.6 Å². The molecule has 19 heavy (non-hydrogen) atoms. The number of urea groups is 1. The van der Waals surface area contributed by atoms with Gasteiger partial charge < -0.3 is 0 Å². The Bertz CT molecular complexity index is 511. The molecule has 1 saturated heterocycles. The Labute approximate surface area is 112 Å². The van der Waals surface area contributed by atoms with Crippen LogP contribution in [0.1, 0.15) is 12.0 Å². The molecule has 0 radical (unpaired) electrons. The molecule has 0 unspecified atom stereocenters. The van der Waals surface area contributed by atoms with E-state index < -0.39 is 0 Å². The first kappa shape index (κ1) is 13.3. The zero-order valence-corrected chi connectivity index (χ0v) is 11.2. The Kier molecular flexibility index (Phi) is 3.94. The number of aliphatic imine (C=N–C) groups is 1. The normalized spacial score (nSPS) is 18.3. The molecule has 0 aromatic heterocycles.